The molecule has 1 aliphatic heterocycles. The summed E-state index contributed by atoms with van der Waals surface area (Å²) in [4.78, 5) is 27.6. The number of rotatable bonds is 5. The molecule has 34 heavy (non-hydrogen) atoms. The number of benzene rings is 3. The van der Waals surface area contributed by atoms with Crippen molar-refractivity contribution in [1.29, 1.82) is 0 Å². The van der Waals surface area contributed by atoms with E-state index in [2.05, 4.69) is 40.5 Å². The monoisotopic (exact) mass is 493 g/mol. The Morgan fingerprint density at radius 2 is 1.74 bits per heavy atom. The maximum absolute atomic E-state index is 13.1. The maximum atomic E-state index is 13.1. The molecule has 5 rings (SSSR count). The number of carbonyl (C=O) groups is 1. The van der Waals surface area contributed by atoms with Gasteiger partial charge in [-0.15, -0.1) is 12.4 Å². The topological polar surface area (TPSA) is 54.3 Å². The molecule has 0 atom stereocenters. The summed E-state index contributed by atoms with van der Waals surface area (Å²) in [6.07, 6.45) is 3.76. The Kier molecular flexibility index (Phi) is 7.51. The van der Waals surface area contributed by atoms with Crippen LogP contribution in [0.2, 0.25) is 0 Å². The number of halogens is 1. The van der Waals surface area contributed by atoms with Gasteiger partial charge in [-0.05, 0) is 73.0 Å². The molecule has 3 aromatic carbocycles. The zero-order valence-electron chi connectivity index (χ0n) is 19.1. The Labute approximate surface area is 209 Å². The third kappa shape index (κ3) is 5.09. The first-order chi connectivity index (χ1) is 16.1. The molecule has 7 heteroatoms. The highest BCUT2D eigenvalue weighted by Crippen LogP contribution is 2.28. The van der Waals surface area contributed by atoms with Crippen molar-refractivity contribution in [2.45, 2.75) is 25.8 Å². The Morgan fingerprint density at radius 3 is 2.50 bits per heavy atom. The van der Waals surface area contributed by atoms with Crippen molar-refractivity contribution in [2.75, 3.05) is 18.4 Å². The van der Waals surface area contributed by atoms with E-state index < -0.39 is 0 Å². The highest BCUT2D eigenvalue weighted by Gasteiger charge is 2.16. The van der Waals surface area contributed by atoms with Crippen molar-refractivity contribution in [1.82, 2.24) is 9.47 Å². The highest BCUT2D eigenvalue weighted by molar-refractivity contribution is 7.16. The number of likely N-dealkylation sites (tertiary alicyclic amines) is 1. The molecule has 5 nitrogen and oxygen atoms in total. The van der Waals surface area contributed by atoms with Crippen molar-refractivity contribution in [3.8, 4) is 11.1 Å². The summed E-state index contributed by atoms with van der Waals surface area (Å²) in [5.41, 5.74) is 5.67. The Morgan fingerprint density at radius 1 is 0.971 bits per heavy atom. The van der Waals surface area contributed by atoms with E-state index in [1.807, 2.05) is 36.4 Å². The molecule has 1 saturated heterocycles. The van der Waals surface area contributed by atoms with Crippen LogP contribution in [0.15, 0.2) is 71.5 Å². The van der Waals surface area contributed by atoms with Gasteiger partial charge in [-0.25, -0.2) is 0 Å². The van der Waals surface area contributed by atoms with E-state index in [-0.39, 0.29) is 23.2 Å². The lowest BCUT2D eigenvalue weighted by atomic mass is 9.96. The summed E-state index contributed by atoms with van der Waals surface area (Å²) >= 11 is 1.21. The van der Waals surface area contributed by atoms with Crippen LogP contribution in [0.3, 0.4) is 0 Å². The van der Waals surface area contributed by atoms with Gasteiger partial charge in [0.15, 0.2) is 0 Å². The van der Waals surface area contributed by atoms with Crippen molar-refractivity contribution in [3.05, 3.63) is 87.5 Å². The van der Waals surface area contributed by atoms with Crippen LogP contribution in [0.5, 0.6) is 0 Å². The van der Waals surface area contributed by atoms with Gasteiger partial charge in [-0.1, -0.05) is 54.2 Å². The Bertz CT molecular complexity index is 1360. The summed E-state index contributed by atoms with van der Waals surface area (Å²) < 4.78 is 2.53. The van der Waals surface area contributed by atoms with E-state index >= 15 is 0 Å². The summed E-state index contributed by atoms with van der Waals surface area (Å²) in [7, 11) is 1.75. The average Bonchev–Trinajstić information content (AvgIpc) is 3.13. The molecule has 4 aromatic rings. The second kappa shape index (κ2) is 10.6. The van der Waals surface area contributed by atoms with Gasteiger partial charge >= 0.3 is 4.87 Å². The lowest BCUT2D eigenvalue weighted by Crippen LogP contribution is -2.29. The number of anilines is 1. The SMILES string of the molecule is Cl.Cn1c(=O)sc2ccc(NC(=O)c3ccc(-c4ccccc4)c(CN4CCCCC4)c3)cc21. The van der Waals surface area contributed by atoms with Crippen molar-refractivity contribution in [3.63, 3.8) is 0 Å². The van der Waals surface area contributed by atoms with Crippen LogP contribution < -0.4 is 10.2 Å². The van der Waals surface area contributed by atoms with Crippen LogP contribution in [0, 0.1) is 0 Å². The van der Waals surface area contributed by atoms with Gasteiger partial charge in [0.2, 0.25) is 0 Å². The van der Waals surface area contributed by atoms with Crippen molar-refractivity contribution < 1.29 is 4.79 Å². The van der Waals surface area contributed by atoms with E-state index in [4.69, 9.17) is 0 Å². The molecular weight excluding hydrogens is 466 g/mol. The summed E-state index contributed by atoms with van der Waals surface area (Å²) in [6.45, 7) is 3.04. The predicted octanol–water partition coefficient (Wildman–Crippen LogP) is 5.93. The molecule has 0 aliphatic carbocycles. The van der Waals surface area contributed by atoms with E-state index in [0.717, 1.165) is 29.9 Å². The van der Waals surface area contributed by atoms with Crippen LogP contribution in [-0.4, -0.2) is 28.5 Å². The number of carbonyl (C=O) groups excluding carboxylic acids is 1. The first kappa shape index (κ1) is 24.2. The third-order valence-electron chi connectivity index (χ3n) is 6.34. The molecule has 176 valence electrons. The second-order valence-corrected chi connectivity index (χ2v) is 9.63. The van der Waals surface area contributed by atoms with E-state index in [0.29, 0.717) is 11.3 Å². The summed E-state index contributed by atoms with van der Waals surface area (Å²) in [5, 5.41) is 3.01. The maximum Gasteiger partial charge on any atom is 0.307 e. The molecule has 1 amide bonds. The minimum Gasteiger partial charge on any atom is -0.322 e. The molecule has 1 aromatic heterocycles. The van der Waals surface area contributed by atoms with Crippen LogP contribution in [0.4, 0.5) is 5.69 Å². The van der Waals surface area contributed by atoms with Gasteiger partial charge in [-0.3, -0.25) is 14.5 Å². The quantitative estimate of drug-likeness (QED) is 0.375. The first-order valence-corrected chi connectivity index (χ1v) is 12.2. The van der Waals surface area contributed by atoms with E-state index in [1.54, 1.807) is 11.6 Å². The lowest BCUT2D eigenvalue weighted by molar-refractivity contribution is 0.102. The minimum absolute atomic E-state index is 0. The first-order valence-electron chi connectivity index (χ1n) is 11.4. The van der Waals surface area contributed by atoms with E-state index in [9.17, 15) is 9.59 Å². The molecule has 0 saturated carbocycles. The Hall–Kier alpha value is -2.93. The number of hydrogen-bond acceptors (Lipinski definition) is 4. The highest BCUT2D eigenvalue weighted by atomic mass is 35.5. The summed E-state index contributed by atoms with van der Waals surface area (Å²) in [5.74, 6) is -0.144. The fourth-order valence-corrected chi connectivity index (χ4v) is 5.39. The fourth-order valence-electron chi connectivity index (χ4n) is 4.53. The molecule has 0 bridgehead atoms. The number of nitrogens with zero attached hydrogens (tertiary/aromatic N) is 2. The summed E-state index contributed by atoms with van der Waals surface area (Å²) in [6, 6.07) is 22.0. The van der Waals surface area contributed by atoms with Crippen molar-refractivity contribution in [2.24, 2.45) is 7.05 Å². The molecule has 0 spiro atoms. The predicted molar refractivity (Wildman–Crippen MR) is 143 cm³/mol. The zero-order chi connectivity index (χ0) is 22.8. The zero-order valence-corrected chi connectivity index (χ0v) is 20.8. The van der Waals surface area contributed by atoms with Crippen LogP contribution in [0.25, 0.3) is 21.3 Å². The molecule has 0 radical (unpaired) electrons. The number of aromatic nitrogens is 1. The number of fused-ring (bicyclic) bond motifs is 1. The molecule has 1 fully saturated rings. The van der Waals surface area contributed by atoms with Crippen LogP contribution in [0.1, 0.15) is 35.2 Å². The second-order valence-electron chi connectivity index (χ2n) is 8.64. The number of hydrogen-bond donors (Lipinski definition) is 1. The molecule has 1 aliphatic rings. The average molecular weight is 494 g/mol. The van der Waals surface area contributed by atoms with Crippen LogP contribution in [-0.2, 0) is 13.6 Å². The normalized spacial score (nSPS) is 14.0. The fraction of sp³-hybridized carbons (Fsp3) is 0.259. The standard InChI is InChI=1S/C27H27N3O2S.ClH/c1-29-24-17-22(11-13-25(24)33-27(29)32)28-26(31)20-10-12-23(19-8-4-2-5-9-19)21(16-20)18-30-14-6-3-7-15-30;/h2,4-5,8-13,16-17H,3,6-7,14-15,18H2,1H3,(H,28,31);1H. The van der Waals surface area contributed by atoms with E-state index in [1.165, 1.54) is 47.3 Å². The van der Waals surface area contributed by atoms with Crippen LogP contribution >= 0.6 is 23.7 Å². The molecule has 2 heterocycles. The largest absolute Gasteiger partial charge is 0.322 e. The Balaban J connectivity index is 0.00000274. The van der Waals surface area contributed by atoms with Gasteiger partial charge in [0, 0.05) is 24.8 Å². The van der Waals surface area contributed by atoms with Gasteiger partial charge in [-0.2, -0.15) is 0 Å². The minimum atomic E-state index is -0.144. The number of amides is 1. The smallest absolute Gasteiger partial charge is 0.307 e. The third-order valence-corrected chi connectivity index (χ3v) is 7.36. The number of aryl methyl sites for hydroxylation is 1. The van der Waals surface area contributed by atoms with Crippen molar-refractivity contribution >= 4 is 45.6 Å². The van der Waals surface area contributed by atoms with Gasteiger partial charge < -0.3 is 9.88 Å². The van der Waals surface area contributed by atoms with Gasteiger partial charge in [0.1, 0.15) is 0 Å². The van der Waals surface area contributed by atoms with Gasteiger partial charge in [0.25, 0.3) is 5.91 Å². The van der Waals surface area contributed by atoms with Gasteiger partial charge in [0.05, 0.1) is 10.2 Å². The molecular formula is C27H28ClN3O2S. The number of nitrogens with one attached hydrogen (secondary N) is 1. The number of thiazole rings is 1. The number of piperidine rings is 1. The lowest BCUT2D eigenvalue weighted by Gasteiger charge is -2.27. The molecule has 1 N–H and O–H groups in total. The molecule has 0 unspecified atom stereocenters.